The molecule has 1 fully saturated rings. The van der Waals surface area contributed by atoms with E-state index < -0.39 is 0 Å². The Kier molecular flexibility index (Phi) is 5.28. The number of fused-ring (bicyclic) bond motifs is 1. The fourth-order valence-electron chi connectivity index (χ4n) is 4.70. The maximum Gasteiger partial charge on any atom is 0.276 e. The highest BCUT2D eigenvalue weighted by Crippen LogP contribution is 2.27. The van der Waals surface area contributed by atoms with Gasteiger partial charge in [0.15, 0.2) is 5.69 Å². The molecule has 0 radical (unpaired) electrons. The fraction of sp³-hybridized carbons (Fsp3) is 0.375. The van der Waals surface area contributed by atoms with Crippen LogP contribution in [0.2, 0.25) is 0 Å². The van der Waals surface area contributed by atoms with Crippen LogP contribution in [0.5, 0.6) is 0 Å². The number of benzene rings is 2. The summed E-state index contributed by atoms with van der Waals surface area (Å²) in [6.07, 6.45) is 2.98. The zero-order valence-electron chi connectivity index (χ0n) is 17.7. The first kappa shape index (κ1) is 19.9. The van der Waals surface area contributed by atoms with Crippen LogP contribution in [0.1, 0.15) is 45.7 Å². The van der Waals surface area contributed by atoms with E-state index in [2.05, 4.69) is 21.3 Å². The third-order valence-electron chi connectivity index (χ3n) is 6.33. The number of hydrogen-bond donors (Lipinski definition) is 0. The number of nitrogens with zero attached hydrogens (tertiary/aromatic N) is 5. The molecule has 5 rings (SSSR count). The lowest BCUT2D eigenvalue weighted by molar-refractivity contribution is 0.0786. The van der Waals surface area contributed by atoms with E-state index in [-0.39, 0.29) is 11.7 Å². The number of likely N-dealkylation sites (tertiary alicyclic amines) is 1. The standard InChI is InChI=1S/C24H26FN5O/c1-17-23(24(31)29-11-2-3-12-29)26-27-30(17)22-9-5-7-19-16-28(13-10-21(19)22)15-18-6-4-8-20(25)14-18/h4-9,14H,2-3,10-13,15-16H2,1H3. The van der Waals surface area contributed by atoms with Gasteiger partial charge in [-0.2, -0.15) is 0 Å². The average Bonchev–Trinajstić information content (AvgIpc) is 3.43. The third-order valence-corrected chi connectivity index (χ3v) is 6.33. The zero-order valence-corrected chi connectivity index (χ0v) is 17.7. The van der Waals surface area contributed by atoms with Crippen LogP contribution in [0.3, 0.4) is 0 Å². The average molecular weight is 420 g/mol. The number of hydrogen-bond acceptors (Lipinski definition) is 4. The van der Waals surface area contributed by atoms with Gasteiger partial charge in [-0.15, -0.1) is 5.10 Å². The van der Waals surface area contributed by atoms with Crippen LogP contribution in [-0.4, -0.2) is 50.3 Å². The fourth-order valence-corrected chi connectivity index (χ4v) is 4.70. The first-order valence-electron chi connectivity index (χ1n) is 10.9. The summed E-state index contributed by atoms with van der Waals surface area (Å²) in [7, 11) is 0. The number of carbonyl (C=O) groups is 1. The van der Waals surface area contributed by atoms with E-state index in [4.69, 9.17) is 0 Å². The molecule has 0 atom stereocenters. The van der Waals surface area contributed by atoms with Crippen LogP contribution < -0.4 is 0 Å². The molecule has 3 heterocycles. The molecule has 2 aliphatic heterocycles. The summed E-state index contributed by atoms with van der Waals surface area (Å²) in [6, 6.07) is 13.0. The molecule has 7 heteroatoms. The first-order valence-corrected chi connectivity index (χ1v) is 10.9. The van der Waals surface area contributed by atoms with E-state index in [1.54, 1.807) is 12.1 Å². The Morgan fingerprint density at radius 1 is 1.10 bits per heavy atom. The molecule has 1 aromatic heterocycles. The van der Waals surface area contributed by atoms with Crippen molar-refractivity contribution in [3.8, 4) is 5.69 Å². The van der Waals surface area contributed by atoms with Gasteiger partial charge in [0.2, 0.25) is 0 Å². The molecule has 1 amide bonds. The molecule has 160 valence electrons. The lowest BCUT2D eigenvalue weighted by atomic mass is 9.97. The minimum Gasteiger partial charge on any atom is -0.337 e. The van der Waals surface area contributed by atoms with Crippen molar-refractivity contribution in [3.63, 3.8) is 0 Å². The van der Waals surface area contributed by atoms with Crippen molar-refractivity contribution in [2.24, 2.45) is 0 Å². The van der Waals surface area contributed by atoms with E-state index in [0.717, 1.165) is 68.9 Å². The van der Waals surface area contributed by atoms with Crippen LogP contribution in [0, 0.1) is 12.7 Å². The van der Waals surface area contributed by atoms with Crippen LogP contribution in [0.15, 0.2) is 42.5 Å². The van der Waals surface area contributed by atoms with E-state index in [1.165, 1.54) is 17.2 Å². The van der Waals surface area contributed by atoms with Gasteiger partial charge in [-0.25, -0.2) is 9.07 Å². The lowest BCUT2D eigenvalue weighted by Crippen LogP contribution is -2.31. The number of carbonyl (C=O) groups excluding carboxylic acids is 1. The topological polar surface area (TPSA) is 54.3 Å². The lowest BCUT2D eigenvalue weighted by Gasteiger charge is -2.30. The molecule has 0 aliphatic carbocycles. The molecule has 0 N–H and O–H groups in total. The SMILES string of the molecule is Cc1c(C(=O)N2CCCC2)nnn1-c1cccc2c1CCN(Cc1cccc(F)c1)C2. The molecule has 2 aromatic carbocycles. The number of rotatable bonds is 4. The Labute approximate surface area is 181 Å². The third kappa shape index (κ3) is 3.85. The van der Waals surface area contributed by atoms with Crippen molar-refractivity contribution in [2.45, 2.75) is 39.3 Å². The van der Waals surface area contributed by atoms with Gasteiger partial charge in [0.05, 0.1) is 11.4 Å². The summed E-state index contributed by atoms with van der Waals surface area (Å²) in [5.74, 6) is -0.217. The molecule has 31 heavy (non-hydrogen) atoms. The number of halogens is 1. The molecule has 0 saturated carbocycles. The molecular weight excluding hydrogens is 393 g/mol. The summed E-state index contributed by atoms with van der Waals surface area (Å²) in [5, 5.41) is 8.59. The molecular formula is C24H26FN5O. The Balaban J connectivity index is 1.39. The quantitative estimate of drug-likeness (QED) is 0.650. The highest BCUT2D eigenvalue weighted by atomic mass is 19.1. The first-order chi connectivity index (χ1) is 15.1. The normalized spacial score (nSPS) is 16.5. The van der Waals surface area contributed by atoms with Crippen molar-refractivity contribution in [1.29, 1.82) is 0 Å². The second-order valence-electron chi connectivity index (χ2n) is 8.44. The molecule has 6 nitrogen and oxygen atoms in total. The van der Waals surface area contributed by atoms with Crippen LogP contribution in [0.4, 0.5) is 4.39 Å². The Bertz CT molecular complexity index is 1120. The predicted octanol–water partition coefficient (Wildman–Crippen LogP) is 3.51. The highest BCUT2D eigenvalue weighted by Gasteiger charge is 2.27. The maximum atomic E-state index is 13.5. The number of amides is 1. The van der Waals surface area contributed by atoms with E-state index in [0.29, 0.717) is 5.69 Å². The summed E-state index contributed by atoms with van der Waals surface area (Å²) in [4.78, 5) is 17.0. The molecule has 0 spiro atoms. The van der Waals surface area contributed by atoms with Crippen molar-refractivity contribution < 1.29 is 9.18 Å². The van der Waals surface area contributed by atoms with Gasteiger partial charge >= 0.3 is 0 Å². The largest absolute Gasteiger partial charge is 0.337 e. The summed E-state index contributed by atoms with van der Waals surface area (Å²) >= 11 is 0. The maximum absolute atomic E-state index is 13.5. The second-order valence-corrected chi connectivity index (χ2v) is 8.44. The summed E-state index contributed by atoms with van der Waals surface area (Å²) in [6.45, 7) is 5.92. The van der Waals surface area contributed by atoms with Gasteiger partial charge in [-0.05, 0) is 61.1 Å². The monoisotopic (exact) mass is 419 g/mol. The van der Waals surface area contributed by atoms with Crippen molar-refractivity contribution in [3.05, 3.63) is 76.4 Å². The molecule has 1 saturated heterocycles. The van der Waals surface area contributed by atoms with Gasteiger partial charge in [0, 0.05) is 32.7 Å². The summed E-state index contributed by atoms with van der Waals surface area (Å²) in [5.41, 5.74) is 5.69. The van der Waals surface area contributed by atoms with Crippen LogP contribution in [0.25, 0.3) is 5.69 Å². The Morgan fingerprint density at radius 3 is 2.71 bits per heavy atom. The predicted molar refractivity (Wildman–Crippen MR) is 115 cm³/mol. The smallest absolute Gasteiger partial charge is 0.276 e. The Morgan fingerprint density at radius 2 is 1.90 bits per heavy atom. The number of aromatic nitrogens is 3. The van der Waals surface area contributed by atoms with Crippen LogP contribution >= 0.6 is 0 Å². The van der Waals surface area contributed by atoms with E-state index in [9.17, 15) is 9.18 Å². The zero-order chi connectivity index (χ0) is 21.4. The van der Waals surface area contributed by atoms with Gasteiger partial charge in [0.1, 0.15) is 5.82 Å². The van der Waals surface area contributed by atoms with E-state index >= 15 is 0 Å². The molecule has 0 unspecified atom stereocenters. The minimum atomic E-state index is -0.196. The van der Waals surface area contributed by atoms with Gasteiger partial charge in [-0.3, -0.25) is 9.69 Å². The van der Waals surface area contributed by atoms with Gasteiger partial charge in [0.25, 0.3) is 5.91 Å². The van der Waals surface area contributed by atoms with Crippen molar-refractivity contribution >= 4 is 5.91 Å². The molecule has 0 bridgehead atoms. The summed E-state index contributed by atoms with van der Waals surface area (Å²) < 4.78 is 15.3. The van der Waals surface area contributed by atoms with Gasteiger partial charge < -0.3 is 4.90 Å². The van der Waals surface area contributed by atoms with Crippen molar-refractivity contribution in [2.75, 3.05) is 19.6 Å². The van der Waals surface area contributed by atoms with Gasteiger partial charge in [-0.1, -0.05) is 29.5 Å². The molecule has 2 aliphatic rings. The van der Waals surface area contributed by atoms with Crippen LogP contribution in [-0.2, 0) is 19.5 Å². The minimum absolute atomic E-state index is 0.0210. The Hall–Kier alpha value is -3.06. The van der Waals surface area contributed by atoms with E-state index in [1.807, 2.05) is 34.7 Å². The second kappa shape index (κ2) is 8.23. The molecule has 3 aromatic rings. The highest BCUT2D eigenvalue weighted by molar-refractivity contribution is 5.93. The van der Waals surface area contributed by atoms with Crippen molar-refractivity contribution in [1.82, 2.24) is 24.8 Å².